The number of Topliss-reactive ketones (excluding diaryl/α,β-unsaturated/α-hetero) is 1. The maximum Gasteiger partial charge on any atom is 0.159 e. The van der Waals surface area contributed by atoms with Gasteiger partial charge >= 0.3 is 0 Å². The molecular formula is C11H14O3. The van der Waals surface area contributed by atoms with Crippen molar-refractivity contribution in [2.75, 3.05) is 7.11 Å². The van der Waals surface area contributed by atoms with E-state index in [0.717, 1.165) is 6.42 Å². The molecule has 0 aromatic rings. The van der Waals surface area contributed by atoms with E-state index in [1.807, 2.05) is 6.92 Å². The molecule has 76 valence electrons. The minimum Gasteiger partial charge on any atom is -0.500 e. The van der Waals surface area contributed by atoms with Crippen LogP contribution in [0.1, 0.15) is 26.2 Å². The van der Waals surface area contributed by atoms with Crippen LogP contribution in [0, 0.1) is 11.3 Å². The summed E-state index contributed by atoms with van der Waals surface area (Å²) in [6.45, 7) is 2.01. The minimum absolute atomic E-state index is 0.0790. The van der Waals surface area contributed by atoms with Crippen molar-refractivity contribution >= 4 is 11.6 Å². The molecule has 0 aromatic carbocycles. The molecule has 0 spiro atoms. The molecule has 0 bridgehead atoms. The fraction of sp³-hybridized carbons (Fsp3) is 0.636. The van der Waals surface area contributed by atoms with E-state index in [1.165, 1.54) is 13.2 Å². The molecule has 1 saturated carbocycles. The van der Waals surface area contributed by atoms with Crippen LogP contribution in [0.4, 0.5) is 0 Å². The van der Waals surface area contributed by atoms with Crippen molar-refractivity contribution in [2.24, 2.45) is 11.3 Å². The molecule has 0 amide bonds. The Bertz CT molecular complexity index is 329. The van der Waals surface area contributed by atoms with Crippen LogP contribution in [0.5, 0.6) is 0 Å². The van der Waals surface area contributed by atoms with Crippen LogP contribution in [0.25, 0.3) is 0 Å². The Morgan fingerprint density at radius 1 is 1.50 bits per heavy atom. The van der Waals surface area contributed by atoms with Gasteiger partial charge in [-0.05, 0) is 11.8 Å². The van der Waals surface area contributed by atoms with E-state index >= 15 is 0 Å². The first kappa shape index (κ1) is 9.44. The van der Waals surface area contributed by atoms with E-state index in [9.17, 15) is 9.59 Å². The number of hydrogen-bond donors (Lipinski definition) is 0. The molecule has 0 N–H and O–H groups in total. The van der Waals surface area contributed by atoms with Crippen molar-refractivity contribution in [3.63, 3.8) is 0 Å². The summed E-state index contributed by atoms with van der Waals surface area (Å²) in [6.07, 6.45) is 3.35. The maximum atomic E-state index is 11.7. The second-order valence-corrected chi connectivity index (χ2v) is 4.45. The number of carbonyl (C=O) groups is 2. The van der Waals surface area contributed by atoms with Gasteiger partial charge in [0.1, 0.15) is 11.5 Å². The highest BCUT2D eigenvalue weighted by Crippen LogP contribution is 2.49. The topological polar surface area (TPSA) is 43.4 Å². The fourth-order valence-corrected chi connectivity index (χ4v) is 2.65. The third-order valence-electron chi connectivity index (χ3n) is 3.36. The SMILES string of the molecule is COC1=CC(=O)C[C@]2(C)CCC(=O)[C@H]12. The molecule has 0 radical (unpaired) electrons. The van der Waals surface area contributed by atoms with Crippen molar-refractivity contribution in [3.8, 4) is 0 Å². The van der Waals surface area contributed by atoms with Crippen molar-refractivity contribution in [1.82, 2.24) is 0 Å². The van der Waals surface area contributed by atoms with Gasteiger partial charge in [0.15, 0.2) is 5.78 Å². The zero-order chi connectivity index (χ0) is 10.3. The molecule has 2 aliphatic carbocycles. The number of ketones is 2. The normalized spacial score (nSPS) is 36.7. The van der Waals surface area contributed by atoms with E-state index in [0.29, 0.717) is 18.6 Å². The summed E-state index contributed by atoms with van der Waals surface area (Å²) in [4.78, 5) is 23.1. The minimum atomic E-state index is -0.186. The molecule has 0 saturated heterocycles. The summed E-state index contributed by atoms with van der Waals surface area (Å²) in [5, 5.41) is 0. The average Bonchev–Trinajstić information content (AvgIpc) is 2.40. The molecule has 14 heavy (non-hydrogen) atoms. The number of rotatable bonds is 1. The third-order valence-corrected chi connectivity index (χ3v) is 3.36. The number of allylic oxidation sites excluding steroid dienone is 2. The summed E-state index contributed by atoms with van der Waals surface area (Å²) >= 11 is 0. The van der Waals surface area contributed by atoms with E-state index in [1.54, 1.807) is 0 Å². The molecular weight excluding hydrogens is 180 g/mol. The van der Waals surface area contributed by atoms with E-state index in [2.05, 4.69) is 0 Å². The van der Waals surface area contributed by atoms with Gasteiger partial charge in [0, 0.05) is 18.9 Å². The lowest BCUT2D eigenvalue weighted by atomic mass is 9.71. The Hall–Kier alpha value is -1.12. The van der Waals surface area contributed by atoms with Gasteiger partial charge < -0.3 is 4.74 Å². The van der Waals surface area contributed by atoms with Gasteiger partial charge in [-0.15, -0.1) is 0 Å². The van der Waals surface area contributed by atoms with Gasteiger partial charge in [-0.25, -0.2) is 0 Å². The summed E-state index contributed by atoms with van der Waals surface area (Å²) in [5.41, 5.74) is -0.186. The van der Waals surface area contributed by atoms with Crippen LogP contribution in [0.3, 0.4) is 0 Å². The Morgan fingerprint density at radius 2 is 2.21 bits per heavy atom. The average molecular weight is 194 g/mol. The summed E-state index contributed by atoms with van der Waals surface area (Å²) < 4.78 is 5.13. The number of fused-ring (bicyclic) bond motifs is 1. The molecule has 0 aromatic heterocycles. The second kappa shape index (κ2) is 2.94. The Labute approximate surface area is 83.1 Å². The number of methoxy groups -OCH3 is 1. The standard InChI is InChI=1S/C11H14O3/c1-11-4-3-8(13)10(11)9(14-2)5-7(12)6-11/h5,10H,3-4,6H2,1-2H3/t10-,11+/m1/s1. The Morgan fingerprint density at radius 3 is 2.86 bits per heavy atom. The van der Waals surface area contributed by atoms with Crippen molar-refractivity contribution in [2.45, 2.75) is 26.2 Å². The van der Waals surface area contributed by atoms with E-state index < -0.39 is 0 Å². The van der Waals surface area contributed by atoms with Crippen LogP contribution >= 0.6 is 0 Å². The summed E-state index contributed by atoms with van der Waals surface area (Å²) in [6, 6.07) is 0. The molecule has 1 fully saturated rings. The molecule has 3 heteroatoms. The molecule has 2 aliphatic rings. The Balaban J connectivity index is 2.43. The first-order valence-electron chi connectivity index (χ1n) is 4.88. The van der Waals surface area contributed by atoms with Gasteiger partial charge in [-0.1, -0.05) is 6.92 Å². The van der Waals surface area contributed by atoms with E-state index in [4.69, 9.17) is 4.74 Å². The zero-order valence-electron chi connectivity index (χ0n) is 8.50. The lowest BCUT2D eigenvalue weighted by molar-refractivity contribution is -0.124. The molecule has 0 unspecified atom stereocenters. The first-order chi connectivity index (χ1) is 6.57. The lowest BCUT2D eigenvalue weighted by Gasteiger charge is -2.33. The fourth-order valence-electron chi connectivity index (χ4n) is 2.65. The molecule has 0 aliphatic heterocycles. The quantitative estimate of drug-likeness (QED) is 0.635. The van der Waals surface area contributed by atoms with Crippen LogP contribution in [-0.2, 0) is 14.3 Å². The highest BCUT2D eigenvalue weighted by atomic mass is 16.5. The van der Waals surface area contributed by atoms with Crippen molar-refractivity contribution < 1.29 is 14.3 Å². The largest absolute Gasteiger partial charge is 0.500 e. The highest BCUT2D eigenvalue weighted by Gasteiger charge is 2.50. The number of hydrogen-bond acceptors (Lipinski definition) is 3. The Kier molecular flexibility index (Phi) is 1.98. The van der Waals surface area contributed by atoms with E-state index in [-0.39, 0.29) is 22.9 Å². The van der Waals surface area contributed by atoms with Gasteiger partial charge in [-0.2, -0.15) is 0 Å². The summed E-state index contributed by atoms with van der Waals surface area (Å²) in [7, 11) is 1.52. The number of carbonyl (C=O) groups excluding carboxylic acids is 2. The first-order valence-corrected chi connectivity index (χ1v) is 4.88. The predicted molar refractivity (Wildman–Crippen MR) is 50.6 cm³/mol. The van der Waals surface area contributed by atoms with Gasteiger partial charge in [0.25, 0.3) is 0 Å². The van der Waals surface area contributed by atoms with Crippen LogP contribution < -0.4 is 0 Å². The van der Waals surface area contributed by atoms with Crippen molar-refractivity contribution in [3.05, 3.63) is 11.8 Å². The third kappa shape index (κ3) is 1.19. The maximum absolute atomic E-state index is 11.7. The number of ether oxygens (including phenoxy) is 1. The zero-order valence-corrected chi connectivity index (χ0v) is 8.50. The molecule has 2 rings (SSSR count). The van der Waals surface area contributed by atoms with Crippen LogP contribution in [-0.4, -0.2) is 18.7 Å². The van der Waals surface area contributed by atoms with Crippen LogP contribution in [0.15, 0.2) is 11.8 Å². The van der Waals surface area contributed by atoms with Crippen molar-refractivity contribution in [1.29, 1.82) is 0 Å². The van der Waals surface area contributed by atoms with Gasteiger partial charge in [-0.3, -0.25) is 9.59 Å². The van der Waals surface area contributed by atoms with Gasteiger partial charge in [0.2, 0.25) is 0 Å². The lowest BCUT2D eigenvalue weighted by Crippen LogP contribution is -2.34. The second-order valence-electron chi connectivity index (χ2n) is 4.45. The predicted octanol–water partition coefficient (Wildman–Crippen LogP) is 1.47. The molecule has 0 heterocycles. The monoisotopic (exact) mass is 194 g/mol. The van der Waals surface area contributed by atoms with Crippen LogP contribution in [0.2, 0.25) is 0 Å². The smallest absolute Gasteiger partial charge is 0.159 e. The highest BCUT2D eigenvalue weighted by molar-refractivity contribution is 5.97. The molecule has 3 nitrogen and oxygen atoms in total. The molecule has 2 atom stereocenters. The van der Waals surface area contributed by atoms with Gasteiger partial charge in [0.05, 0.1) is 13.0 Å². The summed E-state index contributed by atoms with van der Waals surface area (Å²) in [5.74, 6) is 0.680.